The van der Waals surface area contributed by atoms with Crippen molar-refractivity contribution in [2.24, 2.45) is 5.10 Å². The van der Waals surface area contributed by atoms with Crippen LogP contribution < -0.4 is 15.9 Å². The molecule has 0 unspecified atom stereocenters. The molecule has 182 valence electrons. The molecule has 36 heavy (non-hydrogen) atoms. The number of carbonyl (C=O) groups is 2. The lowest BCUT2D eigenvalue weighted by Crippen LogP contribution is -2.22. The third-order valence-corrected chi connectivity index (χ3v) is 4.85. The first-order valence-corrected chi connectivity index (χ1v) is 10.2. The summed E-state index contributed by atoms with van der Waals surface area (Å²) >= 11 is 0. The van der Waals surface area contributed by atoms with Crippen LogP contribution in [-0.4, -0.2) is 48.3 Å². The summed E-state index contributed by atoms with van der Waals surface area (Å²) in [5, 5.41) is 29.5. The number of nitrogens with zero attached hydrogens (tertiary/aromatic N) is 7. The van der Waals surface area contributed by atoms with Gasteiger partial charge in [0.05, 0.1) is 22.4 Å². The van der Waals surface area contributed by atoms with Crippen LogP contribution in [0.1, 0.15) is 37.7 Å². The molecule has 15 nitrogen and oxygen atoms in total. The van der Waals surface area contributed by atoms with Crippen LogP contribution >= 0.6 is 0 Å². The Hall–Kier alpha value is -5.47. The number of nitrogens with two attached hydrogens (primary N) is 1. The van der Waals surface area contributed by atoms with Crippen LogP contribution in [0.3, 0.4) is 0 Å². The van der Waals surface area contributed by atoms with Crippen molar-refractivity contribution in [3.8, 4) is 11.6 Å². The maximum Gasteiger partial charge on any atom is 0.343 e. The molecule has 3 N–H and O–H groups in total. The van der Waals surface area contributed by atoms with Crippen LogP contribution in [0.2, 0.25) is 0 Å². The van der Waals surface area contributed by atoms with Gasteiger partial charge in [-0.05, 0) is 66.1 Å². The highest BCUT2D eigenvalue weighted by Gasteiger charge is 2.22. The van der Waals surface area contributed by atoms with Crippen molar-refractivity contribution in [1.82, 2.24) is 30.7 Å². The fraction of sp³-hybridized carbons (Fsp3) is 0.0952. The normalized spacial score (nSPS) is 10.9. The van der Waals surface area contributed by atoms with Gasteiger partial charge in [0.1, 0.15) is 5.75 Å². The first-order chi connectivity index (χ1) is 17.2. The van der Waals surface area contributed by atoms with E-state index in [4.69, 9.17) is 10.5 Å². The lowest BCUT2D eigenvalue weighted by molar-refractivity contribution is -0.385. The topological polar surface area (TPSA) is 207 Å². The summed E-state index contributed by atoms with van der Waals surface area (Å²) in [6, 6.07) is 10.2. The highest BCUT2D eigenvalue weighted by molar-refractivity contribution is 5.95. The number of aromatic nitrogens is 5. The van der Waals surface area contributed by atoms with Gasteiger partial charge in [0.25, 0.3) is 11.6 Å². The molecule has 0 aliphatic heterocycles. The van der Waals surface area contributed by atoms with Crippen LogP contribution in [0, 0.1) is 24.0 Å². The number of hydrazone groups is 1. The first kappa shape index (κ1) is 23.7. The van der Waals surface area contributed by atoms with Gasteiger partial charge in [-0.3, -0.25) is 14.9 Å². The van der Waals surface area contributed by atoms with Crippen molar-refractivity contribution in [1.29, 1.82) is 0 Å². The molecule has 2 aromatic carbocycles. The molecule has 0 saturated carbocycles. The quantitative estimate of drug-likeness (QED) is 0.125. The monoisotopic (exact) mass is 491 g/mol. The fourth-order valence-corrected chi connectivity index (χ4v) is 3.10. The summed E-state index contributed by atoms with van der Waals surface area (Å²) < 4.78 is 10.9. The Morgan fingerprint density at radius 1 is 1.19 bits per heavy atom. The van der Waals surface area contributed by atoms with Gasteiger partial charge in [-0.25, -0.2) is 14.8 Å². The molecule has 0 aliphatic rings. The molecular formula is C21H17N9O6. The van der Waals surface area contributed by atoms with E-state index < -0.39 is 16.8 Å². The standard InChI is InChI=1S/C21H17N9O6/c1-11-9-14(5-8-16(11)30(33)34)21(32)35-15-6-3-13(4-7-15)10-23-25-20(31)17-12(2)24-28-29(17)19-18(22)26-36-27-19/h3-10H,1-2H3,(H2,22,26)(H,25,31)/b23-10-. The molecule has 1 amide bonds. The minimum Gasteiger partial charge on any atom is -0.423 e. The van der Waals surface area contributed by atoms with Gasteiger partial charge in [-0.1, -0.05) is 5.21 Å². The molecular weight excluding hydrogens is 474 g/mol. The number of nitro groups is 1. The second kappa shape index (κ2) is 9.80. The van der Waals surface area contributed by atoms with Crippen molar-refractivity contribution in [2.75, 3.05) is 5.73 Å². The van der Waals surface area contributed by atoms with E-state index >= 15 is 0 Å². The summed E-state index contributed by atoms with van der Waals surface area (Å²) in [4.78, 5) is 35.4. The van der Waals surface area contributed by atoms with Gasteiger partial charge in [-0.15, -0.1) is 5.10 Å². The Balaban J connectivity index is 1.39. The lowest BCUT2D eigenvalue weighted by Gasteiger charge is -2.06. The zero-order valence-electron chi connectivity index (χ0n) is 18.8. The highest BCUT2D eigenvalue weighted by Crippen LogP contribution is 2.20. The average molecular weight is 491 g/mol. The summed E-state index contributed by atoms with van der Waals surface area (Å²) in [5.74, 6) is -1.09. The number of anilines is 1. The minimum atomic E-state index is -0.662. The molecule has 0 saturated heterocycles. The maximum atomic E-state index is 12.6. The summed E-state index contributed by atoms with van der Waals surface area (Å²) in [7, 11) is 0. The van der Waals surface area contributed by atoms with E-state index in [2.05, 4.69) is 35.8 Å². The Kier molecular flexibility index (Phi) is 6.44. The fourth-order valence-electron chi connectivity index (χ4n) is 3.10. The summed E-state index contributed by atoms with van der Waals surface area (Å²) in [6.45, 7) is 3.11. The number of benzene rings is 2. The van der Waals surface area contributed by atoms with Crippen LogP contribution in [0.5, 0.6) is 5.75 Å². The molecule has 15 heteroatoms. The number of hydrogen-bond acceptors (Lipinski definition) is 12. The molecule has 0 spiro atoms. The third kappa shape index (κ3) is 4.89. The number of carbonyl (C=O) groups excluding carboxylic acids is 2. The van der Waals surface area contributed by atoms with Gasteiger partial charge in [0.15, 0.2) is 5.69 Å². The molecule has 2 aromatic heterocycles. The second-order valence-electron chi connectivity index (χ2n) is 7.32. The number of amides is 1. The van der Waals surface area contributed by atoms with Gasteiger partial charge in [-0.2, -0.15) is 9.78 Å². The maximum absolute atomic E-state index is 12.6. The smallest absolute Gasteiger partial charge is 0.343 e. The molecule has 0 bridgehead atoms. The van der Waals surface area contributed by atoms with Crippen molar-refractivity contribution >= 4 is 29.6 Å². The predicted octanol–water partition coefficient (Wildman–Crippen LogP) is 1.74. The molecule has 2 heterocycles. The van der Waals surface area contributed by atoms with E-state index in [0.717, 1.165) is 4.68 Å². The number of nitrogens with one attached hydrogen (secondary N) is 1. The number of aryl methyl sites for hydroxylation is 2. The van der Waals surface area contributed by atoms with Gasteiger partial charge in [0.2, 0.25) is 11.6 Å². The number of nitrogen functional groups attached to an aromatic ring is 1. The number of esters is 1. The molecule has 4 aromatic rings. The molecule has 0 radical (unpaired) electrons. The van der Waals surface area contributed by atoms with Gasteiger partial charge in [0, 0.05) is 11.6 Å². The van der Waals surface area contributed by atoms with Crippen molar-refractivity contribution in [3.63, 3.8) is 0 Å². The van der Waals surface area contributed by atoms with Crippen molar-refractivity contribution in [2.45, 2.75) is 13.8 Å². The van der Waals surface area contributed by atoms with Crippen LogP contribution in [0.4, 0.5) is 11.5 Å². The van der Waals surface area contributed by atoms with Gasteiger partial charge >= 0.3 is 5.97 Å². The Morgan fingerprint density at radius 3 is 2.58 bits per heavy atom. The van der Waals surface area contributed by atoms with E-state index in [1.807, 2.05) is 0 Å². The first-order valence-electron chi connectivity index (χ1n) is 10.2. The zero-order valence-corrected chi connectivity index (χ0v) is 18.8. The van der Waals surface area contributed by atoms with E-state index in [1.165, 1.54) is 43.5 Å². The van der Waals surface area contributed by atoms with E-state index in [0.29, 0.717) is 16.8 Å². The van der Waals surface area contributed by atoms with Crippen LogP contribution in [0.15, 0.2) is 52.2 Å². The predicted molar refractivity (Wildman–Crippen MR) is 123 cm³/mol. The van der Waals surface area contributed by atoms with E-state index in [9.17, 15) is 19.7 Å². The third-order valence-electron chi connectivity index (χ3n) is 4.85. The summed E-state index contributed by atoms with van der Waals surface area (Å²) in [6.07, 6.45) is 1.37. The lowest BCUT2D eigenvalue weighted by atomic mass is 10.1. The largest absolute Gasteiger partial charge is 0.423 e. The second-order valence-corrected chi connectivity index (χ2v) is 7.32. The number of hydrogen-bond donors (Lipinski definition) is 2. The molecule has 0 atom stereocenters. The molecule has 4 rings (SSSR count). The van der Waals surface area contributed by atoms with E-state index in [1.54, 1.807) is 19.1 Å². The number of rotatable bonds is 7. The summed E-state index contributed by atoms with van der Waals surface area (Å²) in [5.41, 5.74) is 9.39. The van der Waals surface area contributed by atoms with Crippen molar-refractivity contribution in [3.05, 3.63) is 80.7 Å². The number of nitro benzene ring substituents is 1. The Morgan fingerprint density at radius 2 is 1.94 bits per heavy atom. The molecule has 0 fully saturated rings. The average Bonchev–Trinajstić information content (AvgIpc) is 3.44. The number of ether oxygens (including phenoxy) is 1. The minimum absolute atomic E-state index is 0.0127. The van der Waals surface area contributed by atoms with Crippen molar-refractivity contribution < 1.29 is 23.9 Å². The van der Waals surface area contributed by atoms with E-state index in [-0.39, 0.29) is 34.3 Å². The zero-order chi connectivity index (χ0) is 25.8. The van der Waals surface area contributed by atoms with Crippen LogP contribution in [0.25, 0.3) is 5.82 Å². The Labute approximate surface area is 201 Å². The SMILES string of the molecule is Cc1cc(C(=O)Oc2ccc(/C=N\NC(=O)c3c(C)nnn3-c3nonc3N)cc2)ccc1[N+](=O)[O-]. The highest BCUT2D eigenvalue weighted by atomic mass is 16.6. The molecule has 0 aliphatic carbocycles. The van der Waals surface area contributed by atoms with Crippen LogP contribution in [-0.2, 0) is 0 Å². The van der Waals surface area contributed by atoms with Gasteiger partial charge < -0.3 is 10.5 Å². The Bertz CT molecular complexity index is 1490.